The number of nitrogens with one attached hydrogen (secondary N) is 6. The molecule has 0 bridgehead atoms. The van der Waals surface area contributed by atoms with Crippen molar-refractivity contribution in [2.75, 3.05) is 21.3 Å². The first kappa shape index (κ1) is 63.4. The van der Waals surface area contributed by atoms with Crippen molar-refractivity contribution in [3.8, 4) is 0 Å². The van der Waals surface area contributed by atoms with Crippen LogP contribution in [0.4, 0.5) is 27.5 Å². The number of benzene rings is 6. The van der Waals surface area contributed by atoms with Crippen LogP contribution in [0.25, 0.3) is 22.0 Å². The van der Waals surface area contributed by atoms with Gasteiger partial charge in [0.1, 0.15) is 9.79 Å². The fourth-order valence-electron chi connectivity index (χ4n) is 9.20. The van der Waals surface area contributed by atoms with Gasteiger partial charge in [0.05, 0.1) is 21.2 Å². The van der Waals surface area contributed by atoms with Crippen molar-refractivity contribution in [1.29, 1.82) is 0 Å². The van der Waals surface area contributed by atoms with Crippen LogP contribution in [-0.4, -0.2) is 117 Å². The third kappa shape index (κ3) is 13.0. The van der Waals surface area contributed by atoms with Crippen LogP contribution < -0.4 is 52.8 Å². The molecule has 0 radical (unpaired) electrons. The maximum atomic E-state index is 14.4. The fraction of sp³-hybridized carbons (Fsp3) is 0.118. The second kappa shape index (κ2) is 22.7. The van der Waals surface area contributed by atoms with Crippen LogP contribution in [0.2, 0.25) is 0 Å². The highest BCUT2D eigenvalue weighted by Crippen LogP contribution is 2.34. The molecule has 2 aliphatic carbocycles. The number of fused-ring (bicyclic) bond motifs is 2. The van der Waals surface area contributed by atoms with Crippen molar-refractivity contribution in [1.82, 2.24) is 10.6 Å². The molecule has 6 aromatic rings. The first-order chi connectivity index (χ1) is 39.7. The summed E-state index contributed by atoms with van der Waals surface area (Å²) in [7, 11) is -36.2. The molecule has 452 valence electrons. The molecule has 0 spiro atoms. The molecule has 0 aliphatic heterocycles. The van der Waals surface area contributed by atoms with E-state index in [1.807, 2.05) is 0 Å². The molecule has 0 saturated carbocycles. The molecule has 2 atom stereocenters. The second-order valence-electron chi connectivity index (χ2n) is 19.1. The van der Waals surface area contributed by atoms with E-state index in [4.69, 9.17) is 0 Å². The van der Waals surface area contributed by atoms with Crippen LogP contribution in [0.15, 0.2) is 131 Å². The highest BCUT2D eigenvalue weighted by Gasteiger charge is 2.52. The van der Waals surface area contributed by atoms with Gasteiger partial charge in [0.2, 0.25) is 0 Å². The van der Waals surface area contributed by atoms with Crippen LogP contribution in [0.5, 0.6) is 0 Å². The van der Waals surface area contributed by atoms with Gasteiger partial charge < -0.3 is 31.9 Å². The summed E-state index contributed by atoms with van der Waals surface area (Å²) < 4.78 is 224. The number of rotatable bonds is 16. The zero-order valence-electron chi connectivity index (χ0n) is 43.7. The molecule has 86 heavy (non-hydrogen) atoms. The van der Waals surface area contributed by atoms with E-state index in [1.165, 1.54) is 59.2 Å². The predicted octanol–water partition coefficient (Wildman–Crippen LogP) is 1.33. The normalized spacial score (nSPS) is 17.1. The van der Waals surface area contributed by atoms with E-state index < -0.39 is 165 Å². The van der Waals surface area contributed by atoms with Gasteiger partial charge in [-0.3, -0.25) is 46.5 Å². The Morgan fingerprint density at radius 2 is 0.698 bits per heavy atom. The van der Waals surface area contributed by atoms with Gasteiger partial charge in [-0.25, -0.2) is 4.79 Å². The molecule has 2 aliphatic rings. The Bertz CT molecular complexity index is 4650. The summed E-state index contributed by atoms with van der Waals surface area (Å²) in [4.78, 5) is 54.1. The lowest BCUT2D eigenvalue weighted by Gasteiger charge is -2.35. The van der Waals surface area contributed by atoms with Crippen LogP contribution in [0.1, 0.15) is 65.4 Å². The summed E-state index contributed by atoms with van der Waals surface area (Å²) in [5.74, 6) is -3.56. The molecule has 12 N–H and O–H groups in total. The number of aryl methyl sites for hydroxylation is 2. The standard InChI is InChI=1S/C51H44N6O23S6/c1-27-13-15-31(21-37(27)54-45(58)29-9-5-3-6-10-29)47(60)52-35-17-19-39(81(63,64)65)33-23-50(85(75,76)77,25-41(43(33)35)83(69,70)71)56-49(62)57-51(86(78,79)80)24-34-40(82(66,67)68)20-18-36(44(34)42(26-51)84(72,73)74)53-48(61)32-16-14-28(2)38(22-32)55-46(59)30-11-7-4-8-12-30/h3-24H,25-26H2,1-2H3,(H,52,60)(H,53,61)(H,54,58)(H,55,59)(H2,56,57,62)(H,63,64,65)(H,66,67,68)(H,69,70,71)(H,72,73,74)(H,75,76,77)(H,78,79,80). The highest BCUT2D eigenvalue weighted by molar-refractivity contribution is 7.95. The Labute approximate surface area is 487 Å². The first-order valence-corrected chi connectivity index (χ1v) is 32.7. The third-order valence-electron chi connectivity index (χ3n) is 13.4. The van der Waals surface area contributed by atoms with Crippen molar-refractivity contribution in [3.63, 3.8) is 0 Å². The molecule has 0 saturated heterocycles. The number of carbonyl (C=O) groups excluding carboxylic acids is 5. The maximum absolute atomic E-state index is 14.4. The van der Waals surface area contributed by atoms with E-state index in [1.54, 1.807) is 50.2 Å². The molecular weight excluding hydrogens is 1260 g/mol. The summed E-state index contributed by atoms with van der Waals surface area (Å²) >= 11 is 0. The summed E-state index contributed by atoms with van der Waals surface area (Å²) in [5.41, 5.74) is -0.759. The third-order valence-corrected chi connectivity index (χ3v) is 19.7. The van der Waals surface area contributed by atoms with Crippen LogP contribution in [0.3, 0.4) is 0 Å². The minimum atomic E-state index is -6.33. The molecule has 6 amide bonds. The Balaban J connectivity index is 1.24. The quantitative estimate of drug-likeness (QED) is 0.0608. The second-order valence-corrected chi connectivity index (χ2v) is 28.1. The van der Waals surface area contributed by atoms with Crippen LogP contribution in [-0.2, 0) is 60.7 Å². The number of anilines is 4. The Morgan fingerprint density at radius 1 is 0.384 bits per heavy atom. The Hall–Kier alpha value is -8.59. The number of hydrogen-bond acceptors (Lipinski definition) is 17. The van der Waals surface area contributed by atoms with Gasteiger partial charge in [-0.05, 0) is 110 Å². The summed E-state index contributed by atoms with van der Waals surface area (Å²) in [6.45, 7) is 3.10. The van der Waals surface area contributed by atoms with E-state index in [0.29, 0.717) is 35.4 Å². The van der Waals surface area contributed by atoms with Crippen LogP contribution >= 0.6 is 0 Å². The first-order valence-electron chi connectivity index (χ1n) is 24.0. The van der Waals surface area contributed by atoms with Crippen molar-refractivity contribution in [2.45, 2.75) is 46.2 Å². The van der Waals surface area contributed by atoms with Gasteiger partial charge in [0.15, 0.2) is 9.74 Å². The SMILES string of the molecule is Cc1ccc(C(=O)Nc2ccc(S(=O)(=O)O)c3c2=C(S(=O)(=O)O)CC(NC(=O)NC2(S(=O)(=O)O)C=c4c(S(=O)(=O)O)ccc(NC(=O)c5ccc(C)c(NC(=O)c6ccccc6)c5)c4=C(S(=O)(=O)O)C2)(S(=O)(=O)O)C=3)cc1NC(=O)c1ccccc1. The van der Waals surface area contributed by atoms with E-state index >= 15 is 0 Å². The molecule has 2 unspecified atom stereocenters. The topological polar surface area (TPSA) is 484 Å². The molecule has 0 aromatic heterocycles. The largest absolute Gasteiger partial charge is 0.322 e. The smallest absolute Gasteiger partial charge is 0.317 e. The minimum absolute atomic E-state index is 0.0448. The van der Waals surface area contributed by atoms with Gasteiger partial charge in [-0.15, -0.1) is 0 Å². The van der Waals surface area contributed by atoms with Crippen molar-refractivity contribution in [3.05, 3.63) is 176 Å². The fourth-order valence-corrected chi connectivity index (χ4v) is 14.1. The lowest BCUT2D eigenvalue weighted by molar-refractivity contribution is 0.101. The van der Waals surface area contributed by atoms with E-state index in [0.717, 1.165) is 12.1 Å². The molecule has 0 heterocycles. The molecule has 29 nitrogen and oxygen atoms in total. The van der Waals surface area contributed by atoms with Crippen molar-refractivity contribution >= 4 is 135 Å². The van der Waals surface area contributed by atoms with Gasteiger partial charge in [-0.2, -0.15) is 50.5 Å². The van der Waals surface area contributed by atoms with Crippen molar-refractivity contribution in [2.24, 2.45) is 0 Å². The maximum Gasteiger partial charge on any atom is 0.317 e. The predicted molar refractivity (Wildman–Crippen MR) is 306 cm³/mol. The summed E-state index contributed by atoms with van der Waals surface area (Å²) in [6.07, 6.45) is -3.84. The van der Waals surface area contributed by atoms with Gasteiger partial charge in [0.25, 0.3) is 84.3 Å². The van der Waals surface area contributed by atoms with Crippen molar-refractivity contribution < 1.29 is 102 Å². The summed E-state index contributed by atoms with van der Waals surface area (Å²) in [5, 5.41) is 7.69. The Morgan fingerprint density at radius 3 is 1.00 bits per heavy atom. The summed E-state index contributed by atoms with van der Waals surface area (Å²) in [6, 6.07) is 22.9. The molecule has 6 aromatic carbocycles. The molecule has 0 fully saturated rings. The zero-order chi connectivity index (χ0) is 63.5. The number of carbonyl (C=O) groups is 5. The van der Waals surface area contributed by atoms with Gasteiger partial charge in [-0.1, -0.05) is 48.5 Å². The van der Waals surface area contributed by atoms with Crippen LogP contribution in [0, 0.1) is 13.8 Å². The number of hydrogen-bond donors (Lipinski definition) is 12. The van der Waals surface area contributed by atoms with E-state index in [2.05, 4.69) is 21.3 Å². The minimum Gasteiger partial charge on any atom is -0.322 e. The van der Waals surface area contributed by atoms with Gasteiger partial charge >= 0.3 is 6.03 Å². The average molecular weight is 1300 g/mol. The number of urea groups is 1. The number of amides is 6. The molecule has 8 rings (SSSR count). The lowest BCUT2D eigenvalue weighted by Crippen LogP contribution is -2.65. The highest BCUT2D eigenvalue weighted by atomic mass is 32.2. The molecular formula is C51H44N6O23S6. The molecule has 35 heteroatoms. The average Bonchev–Trinajstić information content (AvgIpc) is 0.780. The zero-order valence-corrected chi connectivity index (χ0v) is 48.6. The monoisotopic (exact) mass is 1300 g/mol. The lowest BCUT2D eigenvalue weighted by atomic mass is 10.00. The van der Waals surface area contributed by atoms with E-state index in [9.17, 15) is 102 Å². The van der Waals surface area contributed by atoms with E-state index in [-0.39, 0.29) is 45.8 Å². The van der Waals surface area contributed by atoms with Gasteiger partial charge in [0, 0.05) is 67.3 Å². The Kier molecular flexibility index (Phi) is 16.7.